The van der Waals surface area contributed by atoms with Gasteiger partial charge in [-0.2, -0.15) is 0 Å². The number of benzene rings is 2. The highest BCUT2D eigenvalue weighted by Gasteiger charge is 2.24. The van der Waals surface area contributed by atoms with E-state index >= 15 is 0 Å². The van der Waals surface area contributed by atoms with Gasteiger partial charge in [-0.05, 0) is 31.0 Å². The number of amides is 1. The minimum Gasteiger partial charge on any atom is -0.379 e. The predicted molar refractivity (Wildman–Crippen MR) is 106 cm³/mol. The first-order valence-electron chi connectivity index (χ1n) is 9.37. The van der Waals surface area contributed by atoms with E-state index < -0.39 is 4.92 Å². The molecule has 0 spiro atoms. The summed E-state index contributed by atoms with van der Waals surface area (Å²) in [6.07, 6.45) is 0. The molecular formula is C21H25N3O4. The van der Waals surface area contributed by atoms with Crippen molar-refractivity contribution in [3.8, 4) is 0 Å². The Balaban J connectivity index is 1.76. The van der Waals surface area contributed by atoms with E-state index in [1.807, 2.05) is 6.07 Å². The van der Waals surface area contributed by atoms with Crippen molar-refractivity contribution in [1.29, 1.82) is 0 Å². The van der Waals surface area contributed by atoms with Crippen LogP contribution in [-0.4, -0.2) is 48.6 Å². The molecule has 28 heavy (non-hydrogen) atoms. The molecule has 1 aliphatic rings. The van der Waals surface area contributed by atoms with E-state index in [1.165, 1.54) is 23.8 Å². The molecule has 1 N–H and O–H groups in total. The summed E-state index contributed by atoms with van der Waals surface area (Å²) in [7, 11) is 0. The lowest BCUT2D eigenvalue weighted by molar-refractivity contribution is -0.384. The van der Waals surface area contributed by atoms with Crippen LogP contribution in [0.25, 0.3) is 0 Å². The van der Waals surface area contributed by atoms with Gasteiger partial charge in [0.25, 0.3) is 11.6 Å². The molecule has 1 aliphatic heterocycles. The molecule has 0 aromatic heterocycles. The van der Waals surface area contributed by atoms with Gasteiger partial charge in [0.2, 0.25) is 0 Å². The number of non-ortho nitro benzene ring substituents is 1. The molecule has 0 radical (unpaired) electrons. The van der Waals surface area contributed by atoms with Crippen LogP contribution in [0.1, 0.15) is 33.1 Å². The van der Waals surface area contributed by atoms with Crippen LogP contribution in [-0.2, 0) is 4.74 Å². The van der Waals surface area contributed by atoms with Gasteiger partial charge in [-0.3, -0.25) is 19.8 Å². The zero-order valence-electron chi connectivity index (χ0n) is 16.2. The molecule has 2 aromatic carbocycles. The number of hydrogen-bond acceptors (Lipinski definition) is 5. The van der Waals surface area contributed by atoms with Crippen LogP contribution in [0.5, 0.6) is 0 Å². The Labute approximate surface area is 164 Å². The second kappa shape index (κ2) is 8.95. The fourth-order valence-corrected chi connectivity index (χ4v) is 3.53. The summed E-state index contributed by atoms with van der Waals surface area (Å²) in [5.74, 6) is -0.224. The zero-order chi connectivity index (χ0) is 20.1. The lowest BCUT2D eigenvalue weighted by Gasteiger charge is -2.35. The number of ether oxygens (including phenoxy) is 1. The maximum Gasteiger partial charge on any atom is 0.269 e. The van der Waals surface area contributed by atoms with Gasteiger partial charge in [-0.1, -0.05) is 29.8 Å². The van der Waals surface area contributed by atoms with E-state index in [1.54, 1.807) is 6.92 Å². The average Bonchev–Trinajstić information content (AvgIpc) is 2.68. The molecule has 0 bridgehead atoms. The first-order chi connectivity index (χ1) is 13.5. The van der Waals surface area contributed by atoms with Crippen molar-refractivity contribution in [3.05, 3.63) is 74.8 Å². The molecule has 1 atom stereocenters. The van der Waals surface area contributed by atoms with Crippen molar-refractivity contribution in [2.24, 2.45) is 0 Å². The first-order valence-corrected chi connectivity index (χ1v) is 9.37. The number of rotatable bonds is 6. The largest absolute Gasteiger partial charge is 0.379 e. The van der Waals surface area contributed by atoms with Crippen molar-refractivity contribution in [3.63, 3.8) is 0 Å². The third-order valence-electron chi connectivity index (χ3n) is 5.03. The number of morpholine rings is 1. The number of nitro groups is 1. The molecule has 1 amide bonds. The highest BCUT2D eigenvalue weighted by Crippen LogP contribution is 2.23. The zero-order valence-corrected chi connectivity index (χ0v) is 16.2. The van der Waals surface area contributed by atoms with Crippen LogP contribution in [0.3, 0.4) is 0 Å². The van der Waals surface area contributed by atoms with E-state index in [2.05, 4.69) is 35.3 Å². The van der Waals surface area contributed by atoms with Gasteiger partial charge >= 0.3 is 0 Å². The van der Waals surface area contributed by atoms with Crippen LogP contribution in [0.15, 0.2) is 42.5 Å². The monoisotopic (exact) mass is 383 g/mol. The summed E-state index contributed by atoms with van der Waals surface area (Å²) in [5, 5.41) is 13.9. The van der Waals surface area contributed by atoms with Crippen LogP contribution in [0.4, 0.5) is 5.69 Å². The summed E-state index contributed by atoms with van der Waals surface area (Å²) < 4.78 is 5.47. The van der Waals surface area contributed by atoms with Crippen LogP contribution >= 0.6 is 0 Å². The van der Waals surface area contributed by atoms with Gasteiger partial charge in [-0.25, -0.2) is 0 Å². The van der Waals surface area contributed by atoms with Gasteiger partial charge < -0.3 is 10.1 Å². The Morgan fingerprint density at radius 2 is 1.96 bits per heavy atom. The minimum atomic E-state index is -0.457. The van der Waals surface area contributed by atoms with E-state index in [-0.39, 0.29) is 17.6 Å². The van der Waals surface area contributed by atoms with E-state index in [0.717, 1.165) is 18.7 Å². The molecule has 148 valence electrons. The second-order valence-corrected chi connectivity index (χ2v) is 7.04. The molecule has 0 saturated carbocycles. The summed E-state index contributed by atoms with van der Waals surface area (Å²) in [5.41, 5.74) is 3.36. The molecule has 1 unspecified atom stereocenters. The van der Waals surface area contributed by atoms with Gasteiger partial charge in [0, 0.05) is 37.3 Å². The summed E-state index contributed by atoms with van der Waals surface area (Å²) >= 11 is 0. The van der Waals surface area contributed by atoms with Crippen molar-refractivity contribution in [2.45, 2.75) is 19.9 Å². The molecule has 0 aliphatic carbocycles. The second-order valence-electron chi connectivity index (χ2n) is 7.04. The molecule has 1 fully saturated rings. The molecule has 2 aromatic rings. The standard InChI is InChI=1S/C21H25N3O4/c1-15-4-3-5-17(12-15)20(23-8-10-28-11-9-23)14-22-21(25)19-7-6-18(24(26)27)13-16(19)2/h3-7,12-13,20H,8-11,14H2,1-2H3,(H,22,25). The minimum absolute atomic E-state index is 0.0139. The fraction of sp³-hybridized carbons (Fsp3) is 0.381. The third-order valence-corrected chi connectivity index (χ3v) is 5.03. The summed E-state index contributed by atoms with van der Waals surface area (Å²) in [4.78, 5) is 25.5. The Morgan fingerprint density at radius 3 is 2.61 bits per heavy atom. The fourth-order valence-electron chi connectivity index (χ4n) is 3.53. The SMILES string of the molecule is Cc1cccc(C(CNC(=O)c2ccc([N+](=O)[O-])cc2C)N2CCOCC2)c1. The normalized spacial score (nSPS) is 15.8. The molecule has 3 rings (SSSR count). The Morgan fingerprint density at radius 1 is 1.21 bits per heavy atom. The summed E-state index contributed by atoms with van der Waals surface area (Å²) in [6, 6.07) is 12.7. The van der Waals surface area contributed by atoms with Crippen LogP contribution in [0, 0.1) is 24.0 Å². The molecule has 7 nitrogen and oxygen atoms in total. The highest BCUT2D eigenvalue weighted by molar-refractivity contribution is 5.95. The Hall–Kier alpha value is -2.77. The van der Waals surface area contributed by atoms with Crippen molar-refractivity contribution in [2.75, 3.05) is 32.8 Å². The maximum atomic E-state index is 12.7. The van der Waals surface area contributed by atoms with Gasteiger partial charge in [-0.15, -0.1) is 0 Å². The predicted octanol–water partition coefficient (Wildman–Crippen LogP) is 3.01. The highest BCUT2D eigenvalue weighted by atomic mass is 16.6. The number of carbonyl (C=O) groups excluding carboxylic acids is 1. The van der Waals surface area contributed by atoms with Crippen molar-refractivity contribution >= 4 is 11.6 Å². The van der Waals surface area contributed by atoms with Gasteiger partial charge in [0.15, 0.2) is 0 Å². The number of nitrogens with one attached hydrogen (secondary N) is 1. The Bertz CT molecular complexity index is 862. The maximum absolute atomic E-state index is 12.7. The topological polar surface area (TPSA) is 84.7 Å². The molecule has 1 saturated heterocycles. The van der Waals surface area contributed by atoms with Gasteiger partial charge in [0.05, 0.1) is 24.2 Å². The molecule has 7 heteroatoms. The van der Waals surface area contributed by atoms with Crippen LogP contribution in [0.2, 0.25) is 0 Å². The van der Waals surface area contributed by atoms with E-state index in [4.69, 9.17) is 4.74 Å². The number of nitrogens with zero attached hydrogens (tertiary/aromatic N) is 2. The number of aryl methyl sites for hydroxylation is 2. The number of hydrogen-bond donors (Lipinski definition) is 1. The molecular weight excluding hydrogens is 358 g/mol. The Kier molecular flexibility index (Phi) is 6.38. The van der Waals surface area contributed by atoms with Gasteiger partial charge in [0.1, 0.15) is 0 Å². The quantitative estimate of drug-likeness (QED) is 0.612. The van der Waals surface area contributed by atoms with Crippen molar-refractivity contribution in [1.82, 2.24) is 10.2 Å². The van der Waals surface area contributed by atoms with Crippen molar-refractivity contribution < 1.29 is 14.5 Å². The lowest BCUT2D eigenvalue weighted by atomic mass is 10.0. The third kappa shape index (κ3) is 4.74. The molecule has 1 heterocycles. The smallest absolute Gasteiger partial charge is 0.269 e. The summed E-state index contributed by atoms with van der Waals surface area (Å²) in [6.45, 7) is 7.20. The number of nitro benzene ring substituents is 1. The lowest BCUT2D eigenvalue weighted by Crippen LogP contribution is -2.43. The first kappa shape index (κ1) is 20.0. The van der Waals surface area contributed by atoms with Crippen LogP contribution < -0.4 is 5.32 Å². The number of carbonyl (C=O) groups is 1. The average molecular weight is 383 g/mol. The van der Waals surface area contributed by atoms with E-state index in [0.29, 0.717) is 30.9 Å². The van der Waals surface area contributed by atoms with E-state index in [9.17, 15) is 14.9 Å².